The fourth-order valence-electron chi connectivity index (χ4n) is 4.38. The number of carbonyl (C=O) groups is 3. The molecule has 1 aliphatic heterocycles. The van der Waals surface area contributed by atoms with Crippen LogP contribution >= 0.6 is 66.0 Å². The summed E-state index contributed by atoms with van der Waals surface area (Å²) in [5.41, 5.74) is 2.33. The SMILES string of the molecule is C=CC(=O)N(C)c1cc(N2CCCI(C(C)=O)CC2)ccc1Nc1cc(N(C)C(=O)Nc2c(Cl)[c-]cc(OI)c2Cl)ncn1.[CH3-].[U+2]. The van der Waals surface area contributed by atoms with Gasteiger partial charge in [0.1, 0.15) is 0 Å². The molecule has 0 aliphatic carbocycles. The van der Waals surface area contributed by atoms with Gasteiger partial charge in [0.2, 0.25) is 0 Å². The second kappa shape index (κ2) is 18.6. The summed E-state index contributed by atoms with van der Waals surface area (Å²) in [6.07, 6.45) is 3.54. The number of rotatable bonds is 9. The molecular formula is C30H33Cl2I2N7O4U. The molecule has 11 nitrogen and oxygen atoms in total. The quantitative estimate of drug-likeness (QED) is 0.0741. The first-order valence-corrected chi connectivity index (χ1v) is 19.0. The summed E-state index contributed by atoms with van der Waals surface area (Å²) in [4.78, 5) is 51.4. The molecule has 0 atom stereocenters. The van der Waals surface area contributed by atoms with Gasteiger partial charge in [-0.25, -0.2) is 4.79 Å². The Labute approximate surface area is 324 Å². The third-order valence-corrected chi connectivity index (χ3v) is 14.0. The number of nitrogens with zero attached hydrogens (tertiary/aromatic N) is 5. The van der Waals surface area contributed by atoms with Crippen LogP contribution in [-0.4, -0.2) is 61.7 Å². The molecule has 46 heavy (non-hydrogen) atoms. The number of hydrogen-bond acceptors (Lipinski definition) is 8. The van der Waals surface area contributed by atoms with E-state index in [0.717, 1.165) is 34.1 Å². The van der Waals surface area contributed by atoms with Gasteiger partial charge in [0.15, 0.2) is 23.0 Å². The molecule has 2 heterocycles. The Kier molecular flexibility index (Phi) is 16.3. The summed E-state index contributed by atoms with van der Waals surface area (Å²) >= 11 is 12.6. The van der Waals surface area contributed by atoms with Crippen LogP contribution in [0.3, 0.4) is 0 Å². The Bertz CT molecular complexity index is 1590. The van der Waals surface area contributed by atoms with Crippen molar-refractivity contribution >= 4 is 116 Å². The van der Waals surface area contributed by atoms with E-state index in [1.54, 1.807) is 43.0 Å². The minimum absolute atomic E-state index is 0. The van der Waals surface area contributed by atoms with Crippen LogP contribution in [0.5, 0.6) is 5.75 Å². The van der Waals surface area contributed by atoms with E-state index in [0.29, 0.717) is 26.7 Å². The Morgan fingerprint density at radius 2 is 1.89 bits per heavy atom. The Morgan fingerprint density at radius 3 is 2.57 bits per heavy atom. The molecule has 0 radical (unpaired) electrons. The van der Waals surface area contributed by atoms with Crippen LogP contribution < -0.4 is 28.4 Å². The summed E-state index contributed by atoms with van der Waals surface area (Å²) in [6.45, 7) is 7.01. The van der Waals surface area contributed by atoms with Crippen molar-refractivity contribution in [3.05, 3.63) is 72.9 Å². The number of nitrogens with one attached hydrogen (secondary N) is 2. The topological polar surface area (TPSA) is 120 Å². The van der Waals surface area contributed by atoms with Crippen LogP contribution in [0.1, 0.15) is 13.3 Å². The normalized spacial score (nSPS) is 13.3. The van der Waals surface area contributed by atoms with Crippen molar-refractivity contribution in [2.45, 2.75) is 13.3 Å². The van der Waals surface area contributed by atoms with Gasteiger partial charge in [-0.3, -0.25) is 0 Å². The molecule has 3 aromatic rings. The van der Waals surface area contributed by atoms with Gasteiger partial charge in [-0.05, 0) is 15.7 Å². The smallest absolute Gasteiger partial charge is 0.358 e. The van der Waals surface area contributed by atoms with Crippen molar-refractivity contribution in [2.24, 2.45) is 0 Å². The fraction of sp³-hybridized carbons (Fsp3) is 0.267. The zero-order valence-corrected chi connectivity index (χ0v) is 35.7. The maximum absolute atomic E-state index is 13.1. The number of urea groups is 1. The van der Waals surface area contributed by atoms with Crippen molar-refractivity contribution in [1.82, 2.24) is 9.97 Å². The number of carbonyl (C=O) groups excluding carboxylic acids is 3. The van der Waals surface area contributed by atoms with E-state index in [1.165, 1.54) is 35.3 Å². The van der Waals surface area contributed by atoms with E-state index >= 15 is 0 Å². The molecule has 0 spiro atoms. The van der Waals surface area contributed by atoms with E-state index in [2.05, 4.69) is 38.1 Å². The third-order valence-electron chi connectivity index (χ3n) is 6.83. The van der Waals surface area contributed by atoms with E-state index in [9.17, 15) is 14.4 Å². The second-order valence-corrected chi connectivity index (χ2v) is 17.0. The van der Waals surface area contributed by atoms with Crippen molar-refractivity contribution < 1.29 is 48.6 Å². The van der Waals surface area contributed by atoms with Crippen LogP contribution in [0.25, 0.3) is 0 Å². The van der Waals surface area contributed by atoms with Crippen LogP contribution in [0.15, 0.2) is 49.3 Å². The number of anilines is 6. The van der Waals surface area contributed by atoms with Gasteiger partial charge < -0.3 is 15.8 Å². The molecule has 2 N–H and O–H groups in total. The monoisotopic (exact) mass is 1120 g/mol. The Balaban J connectivity index is 0.00000368. The fourth-order valence-corrected chi connectivity index (χ4v) is 9.83. The first-order valence-electron chi connectivity index (χ1n) is 13.3. The molecular weight excluding hydrogens is 1090 g/mol. The zero-order valence-electron chi connectivity index (χ0n) is 25.7. The van der Waals surface area contributed by atoms with Crippen LogP contribution in [0.2, 0.25) is 10.0 Å². The van der Waals surface area contributed by atoms with Gasteiger partial charge in [0.25, 0.3) is 0 Å². The maximum Gasteiger partial charge on any atom is 2.00 e. The number of amides is 3. The first-order chi connectivity index (χ1) is 21.0. The van der Waals surface area contributed by atoms with Gasteiger partial charge in [-0.2, -0.15) is 6.07 Å². The van der Waals surface area contributed by atoms with Crippen LogP contribution in [-0.2, 0) is 9.59 Å². The molecule has 4 rings (SSSR count). The molecule has 1 aliphatic rings. The van der Waals surface area contributed by atoms with E-state index in [1.807, 2.05) is 18.2 Å². The average Bonchev–Trinajstić information content (AvgIpc) is 3.29. The first kappa shape index (κ1) is 40.3. The predicted octanol–water partition coefficient (Wildman–Crippen LogP) is 7.59. The van der Waals surface area contributed by atoms with E-state index in [4.69, 9.17) is 26.3 Å². The average molecular weight is 1120 g/mol. The third kappa shape index (κ3) is 9.85. The van der Waals surface area contributed by atoms with Gasteiger partial charge in [-0.15, -0.1) is 29.3 Å². The number of halogens is 4. The molecule has 2 aromatic carbocycles. The zero-order chi connectivity index (χ0) is 32.0. The Morgan fingerprint density at radius 1 is 1.15 bits per heavy atom. The summed E-state index contributed by atoms with van der Waals surface area (Å²) in [5.74, 6) is 0.680. The van der Waals surface area contributed by atoms with Crippen molar-refractivity contribution in [3.8, 4) is 5.75 Å². The summed E-state index contributed by atoms with van der Waals surface area (Å²) < 4.78 is 7.50. The molecule has 0 bridgehead atoms. The molecule has 1 fully saturated rings. The molecule has 0 saturated carbocycles. The van der Waals surface area contributed by atoms with Crippen LogP contribution in [0.4, 0.5) is 39.2 Å². The summed E-state index contributed by atoms with van der Waals surface area (Å²) in [7, 11) is 3.20. The van der Waals surface area contributed by atoms with Gasteiger partial charge in [0, 0.05) is 12.8 Å². The van der Waals surface area contributed by atoms with Crippen LogP contribution in [0, 0.1) is 44.6 Å². The van der Waals surface area contributed by atoms with Crippen molar-refractivity contribution in [3.63, 3.8) is 0 Å². The second-order valence-electron chi connectivity index (χ2n) is 9.56. The minimum Gasteiger partial charge on any atom is -0.358 e. The molecule has 3 amide bonds. The number of likely N-dealkylation sites (N-methyl/N-ethyl adjacent to an activating group) is 1. The molecule has 16 heteroatoms. The standard InChI is InChI=1S/C29H30Cl2I2N7O4.CH3.U/c1-5-26(42)38(3)22-15-19(40-13-6-11-33(12-14-40)18(2)41)7-9-21(22)36-24-16-25(35-17-34-24)39(4)29(43)37-28-20(30)8-10-23(44-32)27(28)31;;/h5,7,9-10,15-17H,1,6,11-14H2,2-4H3,(H,37,43)(H,34,35,36);1H3;/q2*-1;+2. The van der Waals surface area contributed by atoms with Gasteiger partial charge >= 0.3 is 221 Å². The van der Waals surface area contributed by atoms with Crippen molar-refractivity contribution in [1.29, 1.82) is 0 Å². The number of benzene rings is 2. The largest absolute Gasteiger partial charge is 2.00 e. The Hall–Kier alpha value is -1.84. The molecule has 1 aromatic heterocycles. The maximum atomic E-state index is 13.1. The van der Waals surface area contributed by atoms with E-state index < -0.39 is 25.9 Å². The van der Waals surface area contributed by atoms with Gasteiger partial charge in [0.05, 0.1) is 0 Å². The summed E-state index contributed by atoms with van der Waals surface area (Å²) in [5, 5.41) is 6.17. The predicted molar refractivity (Wildman–Crippen MR) is 200 cm³/mol. The number of hydrogen-bond donors (Lipinski definition) is 2. The molecule has 244 valence electrons. The van der Waals surface area contributed by atoms with Gasteiger partial charge in [-0.1, -0.05) is 0 Å². The summed E-state index contributed by atoms with van der Waals surface area (Å²) in [6, 6.07) is 11.1. The number of aromatic nitrogens is 2. The number of alkyl halides is 2. The molecule has 0 unspecified atom stereocenters. The van der Waals surface area contributed by atoms with E-state index in [-0.39, 0.29) is 66.0 Å². The minimum atomic E-state index is -1.59. The van der Waals surface area contributed by atoms with Crippen molar-refractivity contribution in [2.75, 3.05) is 61.4 Å². The molecule has 1 saturated heterocycles.